The van der Waals surface area contributed by atoms with E-state index in [1.807, 2.05) is 12.1 Å². The highest BCUT2D eigenvalue weighted by molar-refractivity contribution is 5.92. The zero-order valence-electron chi connectivity index (χ0n) is 12.2. The number of rotatable bonds is 8. The van der Waals surface area contributed by atoms with E-state index in [-0.39, 0.29) is 5.91 Å². The quantitative estimate of drug-likeness (QED) is 0.758. The molecular weight excluding hydrogens is 238 g/mol. The summed E-state index contributed by atoms with van der Waals surface area (Å²) in [6, 6.07) is 5.49. The largest absolute Gasteiger partial charge is 0.370 e. The van der Waals surface area contributed by atoms with Crippen molar-refractivity contribution in [2.45, 2.75) is 40.0 Å². The van der Waals surface area contributed by atoms with Gasteiger partial charge in [-0.25, -0.2) is 4.98 Å². The van der Waals surface area contributed by atoms with Gasteiger partial charge in [-0.2, -0.15) is 0 Å². The van der Waals surface area contributed by atoms with E-state index in [0.29, 0.717) is 11.6 Å². The van der Waals surface area contributed by atoms with Gasteiger partial charge in [0.2, 0.25) is 0 Å². The van der Waals surface area contributed by atoms with Gasteiger partial charge in [-0.15, -0.1) is 0 Å². The Morgan fingerprint density at radius 1 is 1.26 bits per heavy atom. The van der Waals surface area contributed by atoms with E-state index < -0.39 is 0 Å². The van der Waals surface area contributed by atoms with Crippen LogP contribution < -0.4 is 10.6 Å². The summed E-state index contributed by atoms with van der Waals surface area (Å²) in [5.74, 6) is 1.22. The molecule has 0 aliphatic rings. The van der Waals surface area contributed by atoms with Gasteiger partial charge in [0.25, 0.3) is 5.91 Å². The third-order valence-corrected chi connectivity index (χ3v) is 3.24. The van der Waals surface area contributed by atoms with Crippen LogP contribution in [0.15, 0.2) is 18.2 Å². The third-order valence-electron chi connectivity index (χ3n) is 3.24. The number of carbonyl (C=O) groups excluding carboxylic acids is 1. The predicted molar refractivity (Wildman–Crippen MR) is 79.4 cm³/mol. The number of amides is 1. The fraction of sp³-hybridized carbons (Fsp3) is 0.600. The summed E-state index contributed by atoms with van der Waals surface area (Å²) in [7, 11) is 0. The molecule has 1 heterocycles. The van der Waals surface area contributed by atoms with Crippen molar-refractivity contribution in [3.8, 4) is 0 Å². The van der Waals surface area contributed by atoms with Gasteiger partial charge in [0, 0.05) is 13.1 Å². The first-order valence-corrected chi connectivity index (χ1v) is 7.20. The number of nitrogens with one attached hydrogen (secondary N) is 2. The Hall–Kier alpha value is -1.58. The van der Waals surface area contributed by atoms with E-state index in [1.54, 1.807) is 6.07 Å². The Labute approximate surface area is 116 Å². The van der Waals surface area contributed by atoms with E-state index >= 15 is 0 Å². The molecule has 0 aliphatic heterocycles. The summed E-state index contributed by atoms with van der Waals surface area (Å²) in [6.07, 6.45) is 3.21. The van der Waals surface area contributed by atoms with E-state index in [0.717, 1.165) is 38.2 Å². The number of nitrogens with zero attached hydrogens (tertiary/aromatic N) is 1. The van der Waals surface area contributed by atoms with Crippen molar-refractivity contribution < 1.29 is 4.79 Å². The molecule has 1 aromatic rings. The van der Waals surface area contributed by atoms with Crippen molar-refractivity contribution >= 4 is 11.7 Å². The first kappa shape index (κ1) is 15.5. The van der Waals surface area contributed by atoms with Crippen LogP contribution in [0.2, 0.25) is 0 Å². The fourth-order valence-electron chi connectivity index (χ4n) is 1.82. The van der Waals surface area contributed by atoms with Gasteiger partial charge in [0.1, 0.15) is 11.5 Å². The summed E-state index contributed by atoms with van der Waals surface area (Å²) in [5, 5.41) is 6.14. The Balaban J connectivity index is 2.56. The average molecular weight is 263 g/mol. The van der Waals surface area contributed by atoms with Gasteiger partial charge in [-0.05, 0) is 24.5 Å². The first-order chi connectivity index (χ1) is 9.21. The minimum atomic E-state index is -0.0907. The topological polar surface area (TPSA) is 54.0 Å². The second-order valence-electron chi connectivity index (χ2n) is 4.73. The normalized spacial score (nSPS) is 10.5. The number of hydrogen-bond donors (Lipinski definition) is 2. The minimum Gasteiger partial charge on any atom is -0.370 e. The van der Waals surface area contributed by atoms with Gasteiger partial charge in [-0.3, -0.25) is 4.79 Å². The van der Waals surface area contributed by atoms with Crippen LogP contribution in [0.5, 0.6) is 0 Å². The molecule has 0 spiro atoms. The summed E-state index contributed by atoms with van der Waals surface area (Å²) in [5.41, 5.74) is 0.479. The molecule has 2 N–H and O–H groups in total. The fourth-order valence-corrected chi connectivity index (χ4v) is 1.82. The SMILES string of the molecule is CCCNc1cccc(C(=O)NCC(CC)CC)n1. The number of aromatic nitrogens is 1. The van der Waals surface area contributed by atoms with E-state index in [9.17, 15) is 4.79 Å². The average Bonchev–Trinajstić information content (AvgIpc) is 2.46. The van der Waals surface area contributed by atoms with E-state index in [4.69, 9.17) is 0 Å². The Morgan fingerprint density at radius 2 is 2.00 bits per heavy atom. The summed E-state index contributed by atoms with van der Waals surface area (Å²) >= 11 is 0. The second-order valence-corrected chi connectivity index (χ2v) is 4.73. The zero-order valence-corrected chi connectivity index (χ0v) is 12.2. The van der Waals surface area contributed by atoms with Gasteiger partial charge in [0.05, 0.1) is 0 Å². The van der Waals surface area contributed by atoms with Gasteiger partial charge in [0.15, 0.2) is 0 Å². The zero-order chi connectivity index (χ0) is 14.1. The molecule has 19 heavy (non-hydrogen) atoms. The lowest BCUT2D eigenvalue weighted by Gasteiger charge is -2.13. The van der Waals surface area contributed by atoms with Crippen LogP contribution in [0.25, 0.3) is 0 Å². The molecule has 4 nitrogen and oxygen atoms in total. The van der Waals surface area contributed by atoms with E-state index in [1.165, 1.54) is 0 Å². The van der Waals surface area contributed by atoms with Gasteiger partial charge >= 0.3 is 0 Å². The molecule has 0 unspecified atom stereocenters. The van der Waals surface area contributed by atoms with Gasteiger partial charge in [-0.1, -0.05) is 39.7 Å². The van der Waals surface area contributed by atoms with Crippen LogP contribution in [0.1, 0.15) is 50.5 Å². The molecule has 0 radical (unpaired) electrons. The molecule has 1 amide bonds. The van der Waals surface area contributed by atoms with E-state index in [2.05, 4.69) is 36.4 Å². The van der Waals surface area contributed by atoms with Crippen molar-refractivity contribution in [1.82, 2.24) is 10.3 Å². The lowest BCUT2D eigenvalue weighted by Crippen LogP contribution is -2.29. The van der Waals surface area contributed by atoms with Crippen LogP contribution in [-0.2, 0) is 0 Å². The molecule has 0 saturated carbocycles. The van der Waals surface area contributed by atoms with Crippen LogP contribution in [0, 0.1) is 5.92 Å². The van der Waals surface area contributed by atoms with Crippen LogP contribution in [-0.4, -0.2) is 24.0 Å². The molecule has 4 heteroatoms. The molecule has 0 fully saturated rings. The number of hydrogen-bond acceptors (Lipinski definition) is 3. The summed E-state index contributed by atoms with van der Waals surface area (Å²) < 4.78 is 0. The smallest absolute Gasteiger partial charge is 0.269 e. The maximum absolute atomic E-state index is 12.0. The molecular formula is C15H25N3O. The Morgan fingerprint density at radius 3 is 2.63 bits per heavy atom. The molecule has 1 rings (SSSR count). The molecule has 106 valence electrons. The molecule has 1 aromatic heterocycles. The van der Waals surface area contributed by atoms with Crippen LogP contribution in [0.4, 0.5) is 5.82 Å². The standard InChI is InChI=1S/C15H25N3O/c1-4-10-16-14-9-7-8-13(18-14)15(19)17-11-12(5-2)6-3/h7-9,12H,4-6,10-11H2,1-3H3,(H,16,18)(H,17,19). The number of pyridine rings is 1. The lowest BCUT2D eigenvalue weighted by atomic mass is 10.0. The molecule has 0 bridgehead atoms. The second kappa shape index (κ2) is 8.51. The molecule has 0 aromatic carbocycles. The van der Waals surface area contributed by atoms with Crippen molar-refractivity contribution in [3.63, 3.8) is 0 Å². The maximum atomic E-state index is 12.0. The summed E-state index contributed by atoms with van der Waals surface area (Å²) in [4.78, 5) is 16.3. The molecule has 0 atom stereocenters. The number of carbonyl (C=O) groups is 1. The predicted octanol–water partition coefficient (Wildman–Crippen LogP) is 3.07. The third kappa shape index (κ3) is 5.28. The minimum absolute atomic E-state index is 0.0907. The van der Waals surface area contributed by atoms with Crippen molar-refractivity contribution in [2.24, 2.45) is 5.92 Å². The highest BCUT2D eigenvalue weighted by Crippen LogP contribution is 2.07. The lowest BCUT2D eigenvalue weighted by molar-refractivity contribution is 0.0941. The van der Waals surface area contributed by atoms with Gasteiger partial charge < -0.3 is 10.6 Å². The summed E-state index contributed by atoms with van der Waals surface area (Å²) in [6.45, 7) is 7.98. The van der Waals surface area contributed by atoms with Crippen LogP contribution >= 0.6 is 0 Å². The Kier molecular flexibility index (Phi) is 6.93. The first-order valence-electron chi connectivity index (χ1n) is 7.20. The number of anilines is 1. The molecule has 0 aliphatic carbocycles. The van der Waals surface area contributed by atoms with Crippen molar-refractivity contribution in [3.05, 3.63) is 23.9 Å². The van der Waals surface area contributed by atoms with Crippen molar-refractivity contribution in [2.75, 3.05) is 18.4 Å². The highest BCUT2D eigenvalue weighted by Gasteiger charge is 2.10. The monoisotopic (exact) mass is 263 g/mol. The Bertz CT molecular complexity index is 389. The van der Waals surface area contributed by atoms with Crippen molar-refractivity contribution in [1.29, 1.82) is 0 Å². The highest BCUT2D eigenvalue weighted by atomic mass is 16.1. The van der Waals surface area contributed by atoms with Crippen LogP contribution in [0.3, 0.4) is 0 Å². The maximum Gasteiger partial charge on any atom is 0.269 e. The molecule has 0 saturated heterocycles.